The normalized spacial score (nSPS) is 11.6. The standard InChI is InChI=1S/C43H40N2/c1-5-32-13-17-36(18-14-32)44(38-11-7-9-30(3)25-38)40-21-23-42-34(28-40)27-35-29-41(22-24-43(35)42)45(39-12-8-10-31(4)26-39)37-19-15-33(6-2)16-20-37/h7-26,28-29H,5-6,27H2,1-4H3. The molecule has 2 nitrogen and oxygen atoms in total. The molecule has 0 bridgehead atoms. The van der Waals surface area contributed by atoms with Crippen LogP contribution >= 0.6 is 0 Å². The number of benzene rings is 6. The van der Waals surface area contributed by atoms with Crippen LogP contribution in [0.25, 0.3) is 11.1 Å². The first-order valence-corrected chi connectivity index (χ1v) is 16.2. The van der Waals surface area contributed by atoms with E-state index >= 15 is 0 Å². The van der Waals surface area contributed by atoms with Crippen LogP contribution in [0.2, 0.25) is 0 Å². The molecule has 45 heavy (non-hydrogen) atoms. The minimum Gasteiger partial charge on any atom is -0.310 e. The van der Waals surface area contributed by atoms with E-state index in [1.807, 2.05) is 0 Å². The van der Waals surface area contributed by atoms with Gasteiger partial charge in [0, 0.05) is 34.1 Å². The average molecular weight is 585 g/mol. The smallest absolute Gasteiger partial charge is 0.0464 e. The molecule has 6 aromatic carbocycles. The lowest BCUT2D eigenvalue weighted by molar-refractivity contribution is 1.13. The van der Waals surface area contributed by atoms with Crippen LogP contribution in [-0.2, 0) is 19.3 Å². The molecule has 0 N–H and O–H groups in total. The van der Waals surface area contributed by atoms with Crippen molar-refractivity contribution in [2.45, 2.75) is 47.0 Å². The zero-order valence-electron chi connectivity index (χ0n) is 26.7. The Kier molecular flexibility index (Phi) is 7.73. The summed E-state index contributed by atoms with van der Waals surface area (Å²) in [6, 6.07) is 49.6. The molecule has 7 rings (SSSR count). The van der Waals surface area contributed by atoms with Gasteiger partial charge in [0.05, 0.1) is 0 Å². The van der Waals surface area contributed by atoms with E-state index in [1.54, 1.807) is 0 Å². The quantitative estimate of drug-likeness (QED) is 0.175. The third-order valence-corrected chi connectivity index (χ3v) is 9.09. The number of aryl methyl sites for hydroxylation is 4. The fourth-order valence-corrected chi connectivity index (χ4v) is 6.65. The molecule has 0 amide bonds. The number of nitrogens with zero attached hydrogens (tertiary/aromatic N) is 2. The molecular formula is C43H40N2. The van der Waals surface area contributed by atoms with Gasteiger partial charge in [0.2, 0.25) is 0 Å². The van der Waals surface area contributed by atoms with Crippen LogP contribution in [0.3, 0.4) is 0 Å². The summed E-state index contributed by atoms with van der Waals surface area (Å²) in [7, 11) is 0. The first-order chi connectivity index (χ1) is 22.0. The fourth-order valence-electron chi connectivity index (χ4n) is 6.65. The van der Waals surface area contributed by atoms with E-state index in [0.717, 1.165) is 19.3 Å². The largest absolute Gasteiger partial charge is 0.310 e. The van der Waals surface area contributed by atoms with Crippen molar-refractivity contribution in [1.29, 1.82) is 0 Å². The number of hydrogen-bond acceptors (Lipinski definition) is 2. The van der Waals surface area contributed by atoms with E-state index in [4.69, 9.17) is 0 Å². The maximum atomic E-state index is 2.40. The van der Waals surface area contributed by atoms with Crippen molar-refractivity contribution in [2.24, 2.45) is 0 Å². The van der Waals surface area contributed by atoms with Gasteiger partial charge < -0.3 is 9.80 Å². The minimum absolute atomic E-state index is 0.916. The molecule has 1 aliphatic rings. The lowest BCUT2D eigenvalue weighted by Gasteiger charge is -2.26. The molecular weight excluding hydrogens is 544 g/mol. The fraction of sp³-hybridized carbons (Fsp3) is 0.163. The summed E-state index contributed by atoms with van der Waals surface area (Å²) in [5.41, 5.74) is 17.7. The van der Waals surface area contributed by atoms with Crippen molar-refractivity contribution >= 4 is 34.1 Å². The number of anilines is 6. The monoisotopic (exact) mass is 584 g/mol. The minimum atomic E-state index is 0.916. The molecule has 0 unspecified atom stereocenters. The van der Waals surface area contributed by atoms with Crippen molar-refractivity contribution in [3.8, 4) is 11.1 Å². The Morgan fingerprint density at radius 3 is 1.18 bits per heavy atom. The summed E-state index contributed by atoms with van der Waals surface area (Å²) in [6.45, 7) is 8.74. The van der Waals surface area contributed by atoms with Gasteiger partial charge >= 0.3 is 0 Å². The molecule has 0 spiro atoms. The van der Waals surface area contributed by atoms with Crippen molar-refractivity contribution in [3.05, 3.63) is 167 Å². The van der Waals surface area contributed by atoms with Gasteiger partial charge in [-0.2, -0.15) is 0 Å². The van der Waals surface area contributed by atoms with Gasteiger partial charge in [-0.25, -0.2) is 0 Å². The van der Waals surface area contributed by atoms with Crippen LogP contribution in [0.5, 0.6) is 0 Å². The summed E-state index contributed by atoms with van der Waals surface area (Å²) in [5, 5.41) is 0. The molecule has 0 heterocycles. The van der Waals surface area contributed by atoms with Gasteiger partial charge in [0.25, 0.3) is 0 Å². The van der Waals surface area contributed by atoms with E-state index in [0.29, 0.717) is 0 Å². The second-order valence-electron chi connectivity index (χ2n) is 12.2. The third-order valence-electron chi connectivity index (χ3n) is 9.09. The van der Waals surface area contributed by atoms with Crippen molar-refractivity contribution in [2.75, 3.05) is 9.80 Å². The van der Waals surface area contributed by atoms with Crippen molar-refractivity contribution in [1.82, 2.24) is 0 Å². The zero-order chi connectivity index (χ0) is 30.9. The van der Waals surface area contributed by atoms with Gasteiger partial charge in [0.1, 0.15) is 0 Å². The Bertz CT molecular complexity index is 1820. The second kappa shape index (κ2) is 12.1. The topological polar surface area (TPSA) is 6.48 Å². The van der Waals surface area contributed by atoms with Crippen molar-refractivity contribution < 1.29 is 0 Å². The second-order valence-corrected chi connectivity index (χ2v) is 12.2. The van der Waals surface area contributed by atoms with Crippen molar-refractivity contribution in [3.63, 3.8) is 0 Å². The Balaban J connectivity index is 1.27. The van der Waals surface area contributed by atoms with Gasteiger partial charge in [-0.15, -0.1) is 0 Å². The first-order valence-electron chi connectivity index (χ1n) is 16.2. The maximum Gasteiger partial charge on any atom is 0.0464 e. The summed E-state index contributed by atoms with van der Waals surface area (Å²) >= 11 is 0. The molecule has 0 radical (unpaired) electrons. The molecule has 0 atom stereocenters. The molecule has 0 aromatic heterocycles. The number of hydrogen-bond donors (Lipinski definition) is 0. The van der Waals surface area contributed by atoms with Crippen LogP contribution in [0, 0.1) is 13.8 Å². The molecule has 0 aliphatic heterocycles. The SMILES string of the molecule is CCc1ccc(N(c2cccc(C)c2)c2ccc3c(c2)Cc2cc(N(c4ccc(CC)cc4)c4cccc(C)c4)ccc2-3)cc1. The predicted octanol–water partition coefficient (Wildman–Crippen LogP) is 11.9. The predicted molar refractivity (Wildman–Crippen MR) is 192 cm³/mol. The van der Waals surface area contributed by atoms with E-state index < -0.39 is 0 Å². The molecule has 222 valence electrons. The molecule has 0 fully saturated rings. The maximum absolute atomic E-state index is 2.40. The van der Waals surface area contributed by atoms with Gasteiger partial charge in [-0.05, 0) is 150 Å². The average Bonchev–Trinajstić information content (AvgIpc) is 3.43. The van der Waals surface area contributed by atoms with Crippen LogP contribution in [-0.4, -0.2) is 0 Å². The summed E-state index contributed by atoms with van der Waals surface area (Å²) in [5.74, 6) is 0. The Hall–Kier alpha value is -5.08. The summed E-state index contributed by atoms with van der Waals surface area (Å²) in [4.78, 5) is 4.78. The third kappa shape index (κ3) is 5.65. The Morgan fingerprint density at radius 1 is 0.422 bits per heavy atom. The highest BCUT2D eigenvalue weighted by Crippen LogP contribution is 2.44. The van der Waals surface area contributed by atoms with Crippen LogP contribution in [0.4, 0.5) is 34.1 Å². The van der Waals surface area contributed by atoms with Crippen LogP contribution < -0.4 is 9.80 Å². The molecule has 0 saturated heterocycles. The molecule has 0 saturated carbocycles. The van der Waals surface area contributed by atoms with Crippen LogP contribution in [0.15, 0.2) is 133 Å². The van der Waals surface area contributed by atoms with Gasteiger partial charge in [0.15, 0.2) is 0 Å². The molecule has 1 aliphatic carbocycles. The zero-order valence-corrected chi connectivity index (χ0v) is 26.7. The van der Waals surface area contributed by atoms with Gasteiger partial charge in [-0.3, -0.25) is 0 Å². The molecule has 2 heteroatoms. The highest BCUT2D eigenvalue weighted by atomic mass is 15.1. The Morgan fingerprint density at radius 2 is 0.800 bits per heavy atom. The number of fused-ring (bicyclic) bond motifs is 3. The molecule has 6 aromatic rings. The van der Waals surface area contributed by atoms with Gasteiger partial charge in [-0.1, -0.05) is 74.5 Å². The lowest BCUT2D eigenvalue weighted by atomic mass is 10.0. The Labute approximate surface area is 268 Å². The van der Waals surface area contributed by atoms with Crippen LogP contribution in [0.1, 0.15) is 47.2 Å². The summed E-state index contributed by atoms with van der Waals surface area (Å²) in [6.07, 6.45) is 2.99. The van der Waals surface area contributed by atoms with E-state index in [9.17, 15) is 0 Å². The summed E-state index contributed by atoms with van der Waals surface area (Å²) < 4.78 is 0. The lowest BCUT2D eigenvalue weighted by Crippen LogP contribution is -2.10. The highest BCUT2D eigenvalue weighted by molar-refractivity contribution is 5.86. The highest BCUT2D eigenvalue weighted by Gasteiger charge is 2.23. The van der Waals surface area contributed by atoms with E-state index in [1.165, 1.54) is 78.6 Å². The van der Waals surface area contributed by atoms with E-state index in [2.05, 4.69) is 171 Å². The first kappa shape index (κ1) is 28.7. The van der Waals surface area contributed by atoms with E-state index in [-0.39, 0.29) is 0 Å². The number of rotatable bonds is 8.